The highest BCUT2D eigenvalue weighted by atomic mass is 32.2. The Morgan fingerprint density at radius 1 is 1.29 bits per heavy atom. The van der Waals surface area contributed by atoms with Crippen LogP contribution >= 0.6 is 11.8 Å². The van der Waals surface area contributed by atoms with Crippen molar-refractivity contribution in [2.45, 2.75) is 57.2 Å². The summed E-state index contributed by atoms with van der Waals surface area (Å²) < 4.78 is 3.73. The van der Waals surface area contributed by atoms with Crippen molar-refractivity contribution in [2.75, 3.05) is 6.54 Å². The number of tetrazole rings is 1. The molecule has 0 unspecified atom stereocenters. The van der Waals surface area contributed by atoms with E-state index in [1.165, 1.54) is 0 Å². The lowest BCUT2D eigenvalue weighted by Crippen LogP contribution is -2.27. The summed E-state index contributed by atoms with van der Waals surface area (Å²) >= 11 is 1.58. The summed E-state index contributed by atoms with van der Waals surface area (Å²) in [5, 5.41) is 20.2. The van der Waals surface area contributed by atoms with Crippen LogP contribution in [0.15, 0.2) is 11.5 Å². The SMILES string of the molecule is CC(C)NCCn1nnnc1SCc1ncnn1C(C)C. The standard InChI is InChI=1S/C12H22N8S/c1-9(2)13-5-6-19-12(16-17-18-19)21-7-11-14-8-15-20(11)10(3)4/h8-10,13H,5-7H2,1-4H3. The molecule has 2 aromatic heterocycles. The van der Waals surface area contributed by atoms with Gasteiger partial charge in [0.1, 0.15) is 12.2 Å². The van der Waals surface area contributed by atoms with E-state index in [0.29, 0.717) is 17.8 Å². The third-order valence-electron chi connectivity index (χ3n) is 2.84. The first-order valence-electron chi connectivity index (χ1n) is 7.08. The van der Waals surface area contributed by atoms with Crippen molar-refractivity contribution >= 4 is 11.8 Å². The van der Waals surface area contributed by atoms with Gasteiger partial charge >= 0.3 is 0 Å². The third kappa shape index (κ3) is 4.50. The molecule has 116 valence electrons. The van der Waals surface area contributed by atoms with Crippen LogP contribution in [0.5, 0.6) is 0 Å². The Kier molecular flexibility index (Phi) is 5.68. The Hall–Kier alpha value is -1.48. The zero-order valence-electron chi connectivity index (χ0n) is 12.9. The highest BCUT2D eigenvalue weighted by molar-refractivity contribution is 7.98. The predicted molar refractivity (Wildman–Crippen MR) is 80.9 cm³/mol. The summed E-state index contributed by atoms with van der Waals surface area (Å²) in [6.45, 7) is 10.0. The van der Waals surface area contributed by atoms with Gasteiger partial charge in [-0.1, -0.05) is 25.6 Å². The molecular weight excluding hydrogens is 288 g/mol. The van der Waals surface area contributed by atoms with E-state index < -0.39 is 0 Å². The van der Waals surface area contributed by atoms with Crippen LogP contribution in [-0.2, 0) is 12.3 Å². The van der Waals surface area contributed by atoms with Crippen molar-refractivity contribution in [1.82, 2.24) is 40.3 Å². The maximum atomic E-state index is 4.29. The summed E-state index contributed by atoms with van der Waals surface area (Å²) in [5.41, 5.74) is 0. The van der Waals surface area contributed by atoms with Gasteiger partial charge in [0.25, 0.3) is 0 Å². The molecule has 2 aromatic rings. The number of hydrogen-bond donors (Lipinski definition) is 1. The van der Waals surface area contributed by atoms with E-state index in [9.17, 15) is 0 Å². The summed E-state index contributed by atoms with van der Waals surface area (Å²) in [6.07, 6.45) is 1.59. The summed E-state index contributed by atoms with van der Waals surface area (Å²) in [4.78, 5) is 4.29. The fourth-order valence-corrected chi connectivity index (χ4v) is 2.67. The van der Waals surface area contributed by atoms with Crippen LogP contribution in [0.4, 0.5) is 0 Å². The Morgan fingerprint density at radius 3 is 2.81 bits per heavy atom. The first-order chi connectivity index (χ1) is 10.1. The molecule has 0 aromatic carbocycles. The number of rotatable bonds is 8. The van der Waals surface area contributed by atoms with Crippen LogP contribution in [0.1, 0.15) is 39.6 Å². The van der Waals surface area contributed by atoms with E-state index >= 15 is 0 Å². The Labute approximate surface area is 128 Å². The lowest BCUT2D eigenvalue weighted by molar-refractivity contribution is 0.484. The van der Waals surface area contributed by atoms with Gasteiger partial charge in [0.05, 0.1) is 12.3 Å². The lowest BCUT2D eigenvalue weighted by atomic mass is 10.4. The lowest BCUT2D eigenvalue weighted by Gasteiger charge is -2.10. The van der Waals surface area contributed by atoms with Crippen LogP contribution in [0.3, 0.4) is 0 Å². The quantitative estimate of drug-likeness (QED) is 0.731. The van der Waals surface area contributed by atoms with Crippen LogP contribution in [0.25, 0.3) is 0 Å². The van der Waals surface area contributed by atoms with E-state index in [4.69, 9.17) is 0 Å². The average Bonchev–Trinajstić information content (AvgIpc) is 3.04. The minimum Gasteiger partial charge on any atom is -0.313 e. The number of hydrogen-bond acceptors (Lipinski definition) is 7. The molecule has 0 radical (unpaired) electrons. The molecule has 0 saturated carbocycles. The smallest absolute Gasteiger partial charge is 0.209 e. The van der Waals surface area contributed by atoms with Crippen molar-refractivity contribution in [3.8, 4) is 0 Å². The third-order valence-corrected chi connectivity index (χ3v) is 3.80. The second kappa shape index (κ2) is 7.51. The molecule has 0 atom stereocenters. The molecule has 2 heterocycles. The van der Waals surface area contributed by atoms with E-state index in [1.807, 2.05) is 9.36 Å². The van der Waals surface area contributed by atoms with Crippen LogP contribution in [0.2, 0.25) is 0 Å². The molecule has 0 aliphatic heterocycles. The molecule has 8 nitrogen and oxygen atoms in total. The summed E-state index contributed by atoms with van der Waals surface area (Å²) in [6, 6.07) is 0.761. The van der Waals surface area contributed by atoms with Crippen molar-refractivity contribution in [1.29, 1.82) is 0 Å². The number of thioether (sulfide) groups is 1. The van der Waals surface area contributed by atoms with Gasteiger partial charge < -0.3 is 5.32 Å². The van der Waals surface area contributed by atoms with Gasteiger partial charge in [-0.25, -0.2) is 14.3 Å². The largest absolute Gasteiger partial charge is 0.313 e. The highest BCUT2D eigenvalue weighted by Gasteiger charge is 2.11. The van der Waals surface area contributed by atoms with Crippen molar-refractivity contribution in [3.63, 3.8) is 0 Å². The van der Waals surface area contributed by atoms with Crippen LogP contribution in [0, 0.1) is 0 Å². The van der Waals surface area contributed by atoms with Crippen LogP contribution < -0.4 is 5.32 Å². The first kappa shape index (κ1) is 15.9. The maximum absolute atomic E-state index is 4.29. The molecule has 0 saturated heterocycles. The summed E-state index contributed by atoms with van der Waals surface area (Å²) in [5.74, 6) is 1.64. The predicted octanol–water partition coefficient (Wildman–Crippen LogP) is 1.14. The van der Waals surface area contributed by atoms with Crippen molar-refractivity contribution in [2.24, 2.45) is 0 Å². The molecule has 0 amide bonds. The summed E-state index contributed by atoms with van der Waals surface area (Å²) in [7, 11) is 0. The molecule has 0 fully saturated rings. The topological polar surface area (TPSA) is 86.3 Å². The zero-order valence-corrected chi connectivity index (χ0v) is 13.7. The Balaban J connectivity index is 1.91. The number of nitrogens with zero attached hydrogens (tertiary/aromatic N) is 7. The Morgan fingerprint density at radius 2 is 2.10 bits per heavy atom. The average molecular weight is 310 g/mol. The second-order valence-electron chi connectivity index (χ2n) is 5.30. The van der Waals surface area contributed by atoms with Gasteiger partial charge in [-0.05, 0) is 24.3 Å². The Bertz CT molecular complexity index is 547. The minimum atomic E-state index is 0.300. The van der Waals surface area contributed by atoms with Crippen molar-refractivity contribution < 1.29 is 0 Å². The van der Waals surface area contributed by atoms with Crippen LogP contribution in [-0.4, -0.2) is 47.6 Å². The zero-order chi connectivity index (χ0) is 15.2. The van der Waals surface area contributed by atoms with Gasteiger partial charge in [-0.3, -0.25) is 0 Å². The van der Waals surface area contributed by atoms with E-state index in [-0.39, 0.29) is 0 Å². The molecular formula is C12H22N8S. The highest BCUT2D eigenvalue weighted by Crippen LogP contribution is 2.19. The molecule has 9 heteroatoms. The molecule has 2 rings (SSSR count). The fraction of sp³-hybridized carbons (Fsp3) is 0.750. The van der Waals surface area contributed by atoms with Gasteiger partial charge in [0, 0.05) is 18.6 Å². The molecule has 0 bridgehead atoms. The molecule has 21 heavy (non-hydrogen) atoms. The van der Waals surface area contributed by atoms with E-state index in [0.717, 1.165) is 24.1 Å². The number of aromatic nitrogens is 7. The normalized spacial score (nSPS) is 11.7. The fourth-order valence-electron chi connectivity index (χ4n) is 1.84. The van der Waals surface area contributed by atoms with Gasteiger partial charge in [0.15, 0.2) is 0 Å². The number of nitrogens with one attached hydrogen (secondary N) is 1. The molecule has 0 spiro atoms. The second-order valence-corrected chi connectivity index (χ2v) is 6.24. The van der Waals surface area contributed by atoms with Gasteiger partial charge in [-0.15, -0.1) is 5.10 Å². The van der Waals surface area contributed by atoms with E-state index in [1.54, 1.807) is 18.1 Å². The monoisotopic (exact) mass is 310 g/mol. The van der Waals surface area contributed by atoms with Gasteiger partial charge in [0.2, 0.25) is 5.16 Å². The molecule has 1 N–H and O–H groups in total. The van der Waals surface area contributed by atoms with Gasteiger partial charge in [-0.2, -0.15) is 5.10 Å². The maximum Gasteiger partial charge on any atom is 0.209 e. The van der Waals surface area contributed by atoms with Crippen molar-refractivity contribution in [3.05, 3.63) is 12.2 Å². The molecule has 0 aliphatic carbocycles. The minimum absolute atomic E-state index is 0.300. The first-order valence-corrected chi connectivity index (χ1v) is 8.07. The van der Waals surface area contributed by atoms with E-state index in [2.05, 4.69) is 58.6 Å². The molecule has 0 aliphatic rings.